The van der Waals surface area contributed by atoms with Crippen LogP contribution in [0.25, 0.3) is 0 Å². The predicted molar refractivity (Wildman–Crippen MR) is 86.8 cm³/mol. The van der Waals surface area contributed by atoms with Crippen molar-refractivity contribution in [2.75, 3.05) is 11.9 Å². The quantitative estimate of drug-likeness (QED) is 0.871. The minimum absolute atomic E-state index is 0.0857. The van der Waals surface area contributed by atoms with E-state index in [1.54, 1.807) is 12.3 Å². The van der Waals surface area contributed by atoms with Gasteiger partial charge in [-0.25, -0.2) is 4.98 Å². The van der Waals surface area contributed by atoms with Crippen molar-refractivity contribution in [2.45, 2.75) is 46.1 Å². The van der Waals surface area contributed by atoms with Crippen LogP contribution in [0.3, 0.4) is 0 Å². The second-order valence-electron chi connectivity index (χ2n) is 5.97. The Morgan fingerprint density at radius 3 is 2.76 bits per heavy atom. The van der Waals surface area contributed by atoms with E-state index in [4.69, 9.17) is 11.6 Å². The highest BCUT2D eigenvalue weighted by molar-refractivity contribution is 6.33. The Balaban J connectivity index is 2.01. The van der Waals surface area contributed by atoms with Gasteiger partial charge in [-0.2, -0.15) is 0 Å². The Bertz CT molecular complexity index is 506. The van der Waals surface area contributed by atoms with Crippen molar-refractivity contribution in [3.05, 3.63) is 22.8 Å². The summed E-state index contributed by atoms with van der Waals surface area (Å²) in [6.45, 7) is 7.33. The number of anilines is 1. The number of carbonyl (C=O) groups excluding carboxylic acids is 1. The lowest BCUT2D eigenvalue weighted by Crippen LogP contribution is -2.37. The van der Waals surface area contributed by atoms with Crippen LogP contribution in [0, 0.1) is 11.8 Å². The summed E-state index contributed by atoms with van der Waals surface area (Å²) in [5.74, 6) is 1.73. The monoisotopic (exact) mass is 309 g/mol. The summed E-state index contributed by atoms with van der Waals surface area (Å²) in [5.41, 5.74) is 0.522. The minimum atomic E-state index is -0.0857. The third-order valence-corrected chi connectivity index (χ3v) is 4.72. The summed E-state index contributed by atoms with van der Waals surface area (Å²) < 4.78 is 0. The summed E-state index contributed by atoms with van der Waals surface area (Å²) in [5, 5.41) is 6.74. The third-order valence-electron chi connectivity index (χ3n) is 4.43. The van der Waals surface area contributed by atoms with Gasteiger partial charge in [-0.15, -0.1) is 0 Å². The molecule has 1 amide bonds. The fourth-order valence-electron chi connectivity index (χ4n) is 2.76. The molecule has 1 saturated carbocycles. The Morgan fingerprint density at radius 1 is 1.43 bits per heavy atom. The molecule has 3 atom stereocenters. The zero-order valence-corrected chi connectivity index (χ0v) is 13.7. The summed E-state index contributed by atoms with van der Waals surface area (Å²) in [7, 11) is 0. The molecule has 0 aliphatic heterocycles. The molecule has 2 rings (SSSR count). The number of halogens is 1. The average molecular weight is 310 g/mol. The van der Waals surface area contributed by atoms with Crippen LogP contribution in [-0.4, -0.2) is 23.5 Å². The van der Waals surface area contributed by atoms with Crippen molar-refractivity contribution in [1.82, 2.24) is 10.3 Å². The van der Waals surface area contributed by atoms with Gasteiger partial charge < -0.3 is 10.6 Å². The molecule has 1 aromatic rings. The van der Waals surface area contributed by atoms with Crippen LogP contribution >= 0.6 is 11.6 Å². The van der Waals surface area contributed by atoms with E-state index in [-0.39, 0.29) is 11.9 Å². The molecule has 0 radical (unpaired) electrons. The van der Waals surface area contributed by atoms with Crippen molar-refractivity contribution in [3.8, 4) is 0 Å². The van der Waals surface area contributed by atoms with Gasteiger partial charge >= 0.3 is 0 Å². The van der Waals surface area contributed by atoms with Crippen molar-refractivity contribution in [1.29, 1.82) is 0 Å². The first-order valence-electron chi connectivity index (χ1n) is 7.73. The molecule has 1 aliphatic rings. The summed E-state index contributed by atoms with van der Waals surface area (Å²) >= 11 is 6.17. The van der Waals surface area contributed by atoms with Crippen molar-refractivity contribution in [3.63, 3.8) is 0 Å². The van der Waals surface area contributed by atoms with E-state index >= 15 is 0 Å². The van der Waals surface area contributed by atoms with Crippen LogP contribution in [0.4, 0.5) is 5.82 Å². The Morgan fingerprint density at radius 2 is 2.19 bits per heavy atom. The zero-order chi connectivity index (χ0) is 15.4. The second-order valence-corrected chi connectivity index (χ2v) is 6.38. The number of hydrogen-bond acceptors (Lipinski definition) is 3. The maximum atomic E-state index is 12.3. The Labute approximate surface area is 131 Å². The molecule has 5 heteroatoms. The molecule has 1 aromatic heterocycles. The topological polar surface area (TPSA) is 54.0 Å². The van der Waals surface area contributed by atoms with E-state index in [1.165, 1.54) is 6.42 Å². The fraction of sp³-hybridized carbons (Fsp3) is 0.625. The standard InChI is InChI=1S/C16H24ClN3O/c1-4-7-18-15-13(17)8-12(9-19-15)16(21)20-14-6-5-10(2)11(14)3/h8-11,14H,4-7H2,1-3H3,(H,18,19)(H,20,21). The fourth-order valence-corrected chi connectivity index (χ4v) is 2.99. The molecule has 21 heavy (non-hydrogen) atoms. The lowest BCUT2D eigenvalue weighted by atomic mass is 9.97. The molecule has 0 aromatic carbocycles. The number of carbonyl (C=O) groups is 1. The van der Waals surface area contributed by atoms with E-state index in [9.17, 15) is 4.79 Å². The highest BCUT2D eigenvalue weighted by Gasteiger charge is 2.31. The second kappa shape index (κ2) is 7.12. The minimum Gasteiger partial charge on any atom is -0.369 e. The van der Waals surface area contributed by atoms with Crippen LogP contribution in [0.2, 0.25) is 5.02 Å². The van der Waals surface area contributed by atoms with Crippen LogP contribution in [0.1, 0.15) is 50.4 Å². The molecule has 1 fully saturated rings. The van der Waals surface area contributed by atoms with Gasteiger partial charge in [-0.3, -0.25) is 4.79 Å². The van der Waals surface area contributed by atoms with Gasteiger partial charge in [-0.1, -0.05) is 32.4 Å². The summed E-state index contributed by atoms with van der Waals surface area (Å²) in [4.78, 5) is 16.5. The molecule has 2 N–H and O–H groups in total. The first kappa shape index (κ1) is 16.1. The smallest absolute Gasteiger partial charge is 0.253 e. The number of pyridine rings is 1. The van der Waals surface area contributed by atoms with Crippen molar-refractivity contribution >= 4 is 23.3 Å². The van der Waals surface area contributed by atoms with Crippen LogP contribution in [-0.2, 0) is 0 Å². The van der Waals surface area contributed by atoms with Crippen LogP contribution < -0.4 is 10.6 Å². The predicted octanol–water partition coefficient (Wildman–Crippen LogP) is 3.72. The lowest BCUT2D eigenvalue weighted by Gasteiger charge is -2.19. The number of rotatable bonds is 5. The first-order chi connectivity index (χ1) is 10.0. The van der Waals surface area contributed by atoms with Gasteiger partial charge in [0.1, 0.15) is 5.82 Å². The normalized spacial score (nSPS) is 24.9. The molecule has 3 unspecified atom stereocenters. The van der Waals surface area contributed by atoms with Gasteiger partial charge in [-0.05, 0) is 37.2 Å². The summed E-state index contributed by atoms with van der Waals surface area (Å²) in [6.07, 6.45) is 4.80. The number of amides is 1. The lowest BCUT2D eigenvalue weighted by molar-refractivity contribution is 0.0927. The van der Waals surface area contributed by atoms with Gasteiger partial charge in [0.15, 0.2) is 0 Å². The molecule has 0 saturated heterocycles. The number of nitrogens with one attached hydrogen (secondary N) is 2. The van der Waals surface area contributed by atoms with E-state index in [2.05, 4.69) is 36.4 Å². The van der Waals surface area contributed by atoms with E-state index < -0.39 is 0 Å². The highest BCUT2D eigenvalue weighted by atomic mass is 35.5. The molecular weight excluding hydrogens is 286 g/mol. The molecule has 1 heterocycles. The van der Waals surface area contributed by atoms with E-state index in [1.807, 2.05) is 0 Å². The zero-order valence-electron chi connectivity index (χ0n) is 12.9. The molecule has 1 aliphatic carbocycles. The highest BCUT2D eigenvalue weighted by Crippen LogP contribution is 2.31. The van der Waals surface area contributed by atoms with Gasteiger partial charge in [0.25, 0.3) is 5.91 Å². The molecule has 4 nitrogen and oxygen atoms in total. The summed E-state index contributed by atoms with van der Waals surface area (Å²) in [6, 6.07) is 1.94. The number of nitrogens with zero attached hydrogens (tertiary/aromatic N) is 1. The molecule has 116 valence electrons. The third kappa shape index (κ3) is 3.88. The number of aromatic nitrogens is 1. The van der Waals surface area contributed by atoms with E-state index in [0.29, 0.717) is 28.2 Å². The Hall–Kier alpha value is -1.29. The van der Waals surface area contributed by atoms with Crippen LogP contribution in [0.5, 0.6) is 0 Å². The maximum absolute atomic E-state index is 12.3. The largest absolute Gasteiger partial charge is 0.369 e. The van der Waals surface area contributed by atoms with Gasteiger partial charge in [0, 0.05) is 18.8 Å². The van der Waals surface area contributed by atoms with E-state index in [0.717, 1.165) is 19.4 Å². The molecular formula is C16H24ClN3O. The Kier molecular flexibility index (Phi) is 5.45. The average Bonchev–Trinajstić information content (AvgIpc) is 2.78. The van der Waals surface area contributed by atoms with Gasteiger partial charge in [0.05, 0.1) is 10.6 Å². The van der Waals surface area contributed by atoms with Crippen molar-refractivity contribution in [2.24, 2.45) is 11.8 Å². The SMILES string of the molecule is CCCNc1ncc(C(=O)NC2CCC(C)C2C)cc1Cl. The van der Waals surface area contributed by atoms with Gasteiger partial charge in [0.2, 0.25) is 0 Å². The first-order valence-corrected chi connectivity index (χ1v) is 8.11. The van der Waals surface area contributed by atoms with Crippen molar-refractivity contribution < 1.29 is 4.79 Å². The maximum Gasteiger partial charge on any atom is 0.253 e. The van der Waals surface area contributed by atoms with Crippen LogP contribution in [0.15, 0.2) is 12.3 Å². The molecule has 0 bridgehead atoms. The molecule has 0 spiro atoms. The number of hydrogen-bond donors (Lipinski definition) is 2.